The second-order valence-electron chi connectivity index (χ2n) is 12.7. The van der Waals surface area contributed by atoms with Crippen LogP contribution in [0.5, 0.6) is 11.6 Å². The molecule has 1 saturated carbocycles. The Bertz CT molecular complexity index is 1720. The highest BCUT2D eigenvalue weighted by Gasteiger charge is 2.38. The number of aromatic nitrogens is 2. The quantitative estimate of drug-likeness (QED) is 0.176. The van der Waals surface area contributed by atoms with Gasteiger partial charge < -0.3 is 25.0 Å². The van der Waals surface area contributed by atoms with Gasteiger partial charge in [0.2, 0.25) is 5.88 Å². The Hall–Kier alpha value is -3.24. The smallest absolute Gasteiger partial charge is 0.218 e. The lowest BCUT2D eigenvalue weighted by Crippen LogP contribution is -2.51. The molecule has 2 aromatic heterocycles. The van der Waals surface area contributed by atoms with Crippen molar-refractivity contribution < 1.29 is 19.7 Å². The predicted octanol–water partition coefficient (Wildman–Crippen LogP) is 6.54. The fourth-order valence-electron chi connectivity index (χ4n) is 6.66. The van der Waals surface area contributed by atoms with E-state index < -0.39 is 5.60 Å². The molecule has 1 atom stereocenters. The Morgan fingerprint density at radius 3 is 2.52 bits per heavy atom. The maximum Gasteiger partial charge on any atom is 0.218 e. The highest BCUT2D eigenvalue weighted by molar-refractivity contribution is 6.39. The fourth-order valence-corrected chi connectivity index (χ4v) is 7.30. The Balaban J connectivity index is 1.29. The zero-order chi connectivity index (χ0) is 32.6. The summed E-state index contributed by atoms with van der Waals surface area (Å²) in [6.07, 6.45) is 3.66. The van der Waals surface area contributed by atoms with Crippen LogP contribution >= 0.6 is 23.2 Å². The van der Waals surface area contributed by atoms with E-state index >= 15 is 0 Å². The van der Waals surface area contributed by atoms with E-state index in [4.69, 9.17) is 37.7 Å². The Morgan fingerprint density at radius 2 is 1.80 bits per heavy atom. The van der Waals surface area contributed by atoms with Gasteiger partial charge in [-0.05, 0) is 62.9 Å². The molecule has 242 valence electrons. The number of fused-ring (bicyclic) bond motifs is 1. The molecule has 3 heterocycles. The van der Waals surface area contributed by atoms with E-state index in [1.807, 2.05) is 56.3 Å². The first-order valence-electron chi connectivity index (χ1n) is 15.6. The SMILES string of the molecule is COc1cc(-c2nccc(-c3cccc(-c4ccc(CNC5CC(C)(O)C5)c(OC)n4)c3Cl)c2Cl)cc2c1CN(CC(C)O)CC2. The van der Waals surface area contributed by atoms with Gasteiger partial charge in [-0.15, -0.1) is 0 Å². The molecule has 0 bridgehead atoms. The predicted molar refractivity (Wildman–Crippen MR) is 183 cm³/mol. The maximum atomic E-state index is 10.0. The first-order chi connectivity index (χ1) is 22.1. The summed E-state index contributed by atoms with van der Waals surface area (Å²) in [6.45, 7) is 6.45. The van der Waals surface area contributed by atoms with Gasteiger partial charge in [0.25, 0.3) is 0 Å². The van der Waals surface area contributed by atoms with Crippen LogP contribution in [-0.4, -0.2) is 70.1 Å². The van der Waals surface area contributed by atoms with Crippen molar-refractivity contribution in [3.63, 3.8) is 0 Å². The van der Waals surface area contributed by atoms with E-state index in [0.29, 0.717) is 46.9 Å². The molecule has 0 radical (unpaired) electrons. The summed E-state index contributed by atoms with van der Waals surface area (Å²) in [5.41, 5.74) is 7.19. The zero-order valence-electron chi connectivity index (χ0n) is 26.6. The minimum Gasteiger partial charge on any atom is -0.496 e. The second-order valence-corrected chi connectivity index (χ2v) is 13.4. The lowest BCUT2D eigenvalue weighted by Gasteiger charge is -2.41. The lowest BCUT2D eigenvalue weighted by molar-refractivity contribution is -0.0393. The molecule has 1 aliphatic heterocycles. The minimum atomic E-state index is -0.583. The summed E-state index contributed by atoms with van der Waals surface area (Å²) in [6, 6.07) is 16.1. The van der Waals surface area contributed by atoms with Crippen molar-refractivity contribution in [1.82, 2.24) is 20.2 Å². The summed E-state index contributed by atoms with van der Waals surface area (Å²) in [5, 5.41) is 24.4. The molecule has 1 aliphatic carbocycles. The van der Waals surface area contributed by atoms with Crippen LogP contribution in [0.3, 0.4) is 0 Å². The van der Waals surface area contributed by atoms with Gasteiger partial charge in [0.1, 0.15) is 5.75 Å². The molecular formula is C36H40Cl2N4O4. The number of aliphatic hydroxyl groups excluding tert-OH is 1. The van der Waals surface area contributed by atoms with E-state index in [1.54, 1.807) is 20.4 Å². The van der Waals surface area contributed by atoms with Crippen LogP contribution in [0.25, 0.3) is 33.6 Å². The number of pyridine rings is 2. The van der Waals surface area contributed by atoms with E-state index in [2.05, 4.69) is 21.3 Å². The molecule has 2 aromatic carbocycles. The van der Waals surface area contributed by atoms with Crippen LogP contribution in [-0.2, 0) is 19.5 Å². The zero-order valence-corrected chi connectivity index (χ0v) is 28.1. The lowest BCUT2D eigenvalue weighted by atomic mass is 9.77. The second kappa shape index (κ2) is 13.5. The summed E-state index contributed by atoms with van der Waals surface area (Å²) >= 11 is 14.2. The van der Waals surface area contributed by atoms with Gasteiger partial charge in [-0.2, -0.15) is 0 Å². The average Bonchev–Trinajstić information content (AvgIpc) is 3.02. The van der Waals surface area contributed by atoms with Crippen molar-refractivity contribution in [1.29, 1.82) is 0 Å². The van der Waals surface area contributed by atoms with E-state index in [1.165, 1.54) is 5.56 Å². The highest BCUT2D eigenvalue weighted by Crippen LogP contribution is 2.43. The van der Waals surface area contributed by atoms with E-state index in [0.717, 1.165) is 64.9 Å². The molecule has 46 heavy (non-hydrogen) atoms. The third kappa shape index (κ3) is 6.74. The largest absolute Gasteiger partial charge is 0.496 e. The highest BCUT2D eigenvalue weighted by atomic mass is 35.5. The number of aliphatic hydroxyl groups is 2. The van der Waals surface area contributed by atoms with E-state index in [-0.39, 0.29) is 12.1 Å². The first kappa shape index (κ1) is 32.7. The number of halogens is 2. The average molecular weight is 664 g/mol. The molecule has 6 rings (SSSR count). The van der Waals surface area contributed by atoms with Gasteiger partial charge in [0.05, 0.1) is 47.4 Å². The molecule has 0 amide bonds. The van der Waals surface area contributed by atoms with Gasteiger partial charge in [-0.1, -0.05) is 47.5 Å². The van der Waals surface area contributed by atoms with Crippen molar-refractivity contribution >= 4 is 23.2 Å². The molecular weight excluding hydrogens is 623 g/mol. The van der Waals surface area contributed by atoms with Gasteiger partial charge in [0.15, 0.2) is 0 Å². The summed E-state index contributed by atoms with van der Waals surface area (Å²) in [4.78, 5) is 11.7. The number of ether oxygens (including phenoxy) is 2. The Kier molecular flexibility index (Phi) is 9.57. The van der Waals surface area contributed by atoms with Crippen LogP contribution in [0.2, 0.25) is 10.0 Å². The van der Waals surface area contributed by atoms with Crippen LogP contribution in [0.15, 0.2) is 54.7 Å². The molecule has 8 nitrogen and oxygen atoms in total. The van der Waals surface area contributed by atoms with E-state index in [9.17, 15) is 10.2 Å². The van der Waals surface area contributed by atoms with Crippen molar-refractivity contribution in [3.8, 4) is 45.3 Å². The molecule has 2 aliphatic rings. The number of rotatable bonds is 10. The van der Waals surface area contributed by atoms with Crippen LogP contribution < -0.4 is 14.8 Å². The number of nitrogens with one attached hydrogen (secondary N) is 1. The number of benzene rings is 2. The van der Waals surface area contributed by atoms with Crippen molar-refractivity contribution in [3.05, 3.63) is 81.5 Å². The summed E-state index contributed by atoms with van der Waals surface area (Å²) < 4.78 is 11.5. The van der Waals surface area contributed by atoms with Gasteiger partial charge in [0, 0.05) is 71.8 Å². The van der Waals surface area contributed by atoms with Crippen molar-refractivity contribution in [2.24, 2.45) is 0 Å². The van der Waals surface area contributed by atoms with Crippen molar-refractivity contribution in [2.75, 3.05) is 27.3 Å². The number of β-amino-alcohol motifs (C(OH)–C–C–N with tert-alkyl or cyclic N) is 1. The Labute approximate surface area is 280 Å². The number of nitrogens with zero attached hydrogens (tertiary/aromatic N) is 3. The Morgan fingerprint density at radius 1 is 1.04 bits per heavy atom. The normalized spacial score (nSPS) is 20.1. The number of hydrogen-bond acceptors (Lipinski definition) is 8. The molecule has 1 fully saturated rings. The summed E-state index contributed by atoms with van der Waals surface area (Å²) in [7, 11) is 3.29. The molecule has 10 heteroatoms. The standard InChI is InChI=1S/C36H40Cl2N4O4/c1-21(43)19-42-13-11-22-14-24(15-31(45-3)29(22)20-42)34-33(38)27(10-12-39-34)26-6-5-7-28(32(26)37)30-9-8-23(35(41-30)46-4)18-40-25-16-36(2,44)17-25/h5-10,12,14-15,21,25,40,43-44H,11,13,16-20H2,1-4H3. The van der Waals surface area contributed by atoms with Gasteiger partial charge in [-0.25, -0.2) is 4.98 Å². The molecule has 3 N–H and O–H groups in total. The first-order valence-corrected chi connectivity index (χ1v) is 16.4. The van der Waals surface area contributed by atoms with Crippen LogP contribution in [0.1, 0.15) is 43.4 Å². The fraction of sp³-hybridized carbons (Fsp3) is 0.389. The summed E-state index contributed by atoms with van der Waals surface area (Å²) in [5.74, 6) is 1.31. The van der Waals surface area contributed by atoms with Gasteiger partial charge >= 0.3 is 0 Å². The third-order valence-corrected chi connectivity index (χ3v) is 9.73. The molecule has 0 spiro atoms. The molecule has 1 unspecified atom stereocenters. The van der Waals surface area contributed by atoms with Crippen LogP contribution in [0, 0.1) is 0 Å². The minimum absolute atomic E-state index is 0.272. The number of hydrogen-bond donors (Lipinski definition) is 3. The molecule has 0 saturated heterocycles. The number of methoxy groups -OCH3 is 2. The monoisotopic (exact) mass is 662 g/mol. The topological polar surface area (TPSA) is 100.0 Å². The molecule has 4 aromatic rings. The maximum absolute atomic E-state index is 10.0. The van der Waals surface area contributed by atoms with Crippen molar-refractivity contribution in [2.45, 2.75) is 63.9 Å². The van der Waals surface area contributed by atoms with Gasteiger partial charge in [-0.3, -0.25) is 9.88 Å². The third-order valence-electron chi connectivity index (χ3n) is 8.94. The van der Waals surface area contributed by atoms with Crippen LogP contribution in [0.4, 0.5) is 0 Å².